The second-order valence-electron chi connectivity index (χ2n) is 8.90. The number of likely N-dealkylation sites (tertiary alicyclic amines) is 1. The van der Waals surface area contributed by atoms with Crippen LogP contribution in [0.1, 0.15) is 69.5 Å². The smallest absolute Gasteiger partial charge is 0.317 e. The molecule has 2 saturated heterocycles. The van der Waals surface area contributed by atoms with Crippen LogP contribution in [0, 0.1) is 5.92 Å². The Morgan fingerprint density at radius 1 is 1.24 bits per heavy atom. The van der Waals surface area contributed by atoms with E-state index in [0.717, 1.165) is 70.5 Å². The highest BCUT2D eigenvalue weighted by atomic mass is 16.5. The van der Waals surface area contributed by atoms with Gasteiger partial charge in [0.1, 0.15) is 6.61 Å². The van der Waals surface area contributed by atoms with E-state index >= 15 is 0 Å². The molecule has 0 bridgehead atoms. The van der Waals surface area contributed by atoms with Crippen LogP contribution < -0.4 is 5.32 Å². The molecular weight excluding hydrogens is 372 g/mol. The van der Waals surface area contributed by atoms with E-state index in [-0.39, 0.29) is 11.6 Å². The maximum atomic E-state index is 12.6. The van der Waals surface area contributed by atoms with Crippen molar-refractivity contribution in [2.45, 2.75) is 82.5 Å². The van der Waals surface area contributed by atoms with Crippen LogP contribution in [-0.2, 0) is 22.5 Å². The van der Waals surface area contributed by atoms with E-state index in [1.54, 1.807) is 7.11 Å². The highest BCUT2D eigenvalue weighted by Crippen LogP contribution is 2.38. The zero-order valence-corrected chi connectivity index (χ0v) is 17.5. The van der Waals surface area contributed by atoms with E-state index < -0.39 is 0 Å². The minimum absolute atomic E-state index is 0.108. The second kappa shape index (κ2) is 9.43. The Morgan fingerprint density at radius 2 is 2.03 bits per heavy atom. The van der Waals surface area contributed by atoms with Crippen molar-refractivity contribution in [1.82, 2.24) is 20.4 Å². The number of ether oxygens (including phenoxy) is 2. The fourth-order valence-electron chi connectivity index (χ4n) is 5.10. The molecule has 3 fully saturated rings. The number of hydrogen-bond donors (Lipinski definition) is 1. The van der Waals surface area contributed by atoms with Crippen molar-refractivity contribution in [1.29, 1.82) is 0 Å². The summed E-state index contributed by atoms with van der Waals surface area (Å²) in [7, 11) is 1.62. The van der Waals surface area contributed by atoms with Crippen LogP contribution in [0.15, 0.2) is 4.52 Å². The summed E-state index contributed by atoms with van der Waals surface area (Å²) >= 11 is 0. The minimum atomic E-state index is -0.108. The molecule has 1 spiro atoms. The third kappa shape index (κ3) is 5.28. The number of nitrogens with zero attached hydrogens (tertiary/aromatic N) is 3. The number of carbonyl (C=O) groups is 1. The van der Waals surface area contributed by atoms with Gasteiger partial charge in [0.2, 0.25) is 0 Å². The van der Waals surface area contributed by atoms with Crippen molar-refractivity contribution in [3.63, 3.8) is 0 Å². The van der Waals surface area contributed by atoms with Crippen LogP contribution >= 0.6 is 0 Å². The predicted molar refractivity (Wildman–Crippen MR) is 106 cm³/mol. The molecule has 4 rings (SSSR count). The Hall–Kier alpha value is -1.67. The molecule has 3 aliphatic rings. The van der Waals surface area contributed by atoms with E-state index in [2.05, 4.69) is 15.5 Å². The van der Waals surface area contributed by atoms with Crippen LogP contribution in [0.5, 0.6) is 0 Å². The molecule has 1 N–H and O–H groups in total. The summed E-state index contributed by atoms with van der Waals surface area (Å²) in [5, 5.41) is 7.33. The van der Waals surface area contributed by atoms with Crippen molar-refractivity contribution in [3.05, 3.63) is 11.7 Å². The van der Waals surface area contributed by atoms with Crippen molar-refractivity contribution >= 4 is 6.03 Å². The lowest BCUT2D eigenvalue weighted by Gasteiger charge is -2.46. The summed E-state index contributed by atoms with van der Waals surface area (Å²) < 4.78 is 16.5. The van der Waals surface area contributed by atoms with Crippen molar-refractivity contribution in [2.75, 3.05) is 26.8 Å². The highest BCUT2D eigenvalue weighted by Gasteiger charge is 2.41. The normalized spacial score (nSPS) is 25.3. The van der Waals surface area contributed by atoms with Crippen molar-refractivity contribution in [2.24, 2.45) is 5.92 Å². The molecular formula is C21H34N4O4. The summed E-state index contributed by atoms with van der Waals surface area (Å²) in [6.45, 7) is 2.65. The second-order valence-corrected chi connectivity index (χ2v) is 8.90. The van der Waals surface area contributed by atoms with Gasteiger partial charge in [-0.25, -0.2) is 4.79 Å². The molecule has 162 valence electrons. The van der Waals surface area contributed by atoms with Gasteiger partial charge in [0.15, 0.2) is 5.82 Å². The number of rotatable bonds is 5. The predicted octanol–water partition coefficient (Wildman–Crippen LogP) is 3.06. The summed E-state index contributed by atoms with van der Waals surface area (Å²) in [5.41, 5.74) is -0.108. The monoisotopic (exact) mass is 406 g/mol. The average molecular weight is 407 g/mol. The van der Waals surface area contributed by atoms with Gasteiger partial charge in [-0.1, -0.05) is 24.4 Å². The molecule has 1 saturated carbocycles. The summed E-state index contributed by atoms with van der Waals surface area (Å²) in [6, 6.07) is 0.469. The van der Waals surface area contributed by atoms with E-state index in [4.69, 9.17) is 14.0 Å². The van der Waals surface area contributed by atoms with Crippen LogP contribution in [0.3, 0.4) is 0 Å². The quantitative estimate of drug-likeness (QED) is 0.808. The lowest BCUT2D eigenvalue weighted by Crippen LogP contribution is -2.54. The van der Waals surface area contributed by atoms with Crippen LogP contribution in [-0.4, -0.2) is 59.5 Å². The van der Waals surface area contributed by atoms with E-state index in [0.29, 0.717) is 24.5 Å². The molecule has 8 heteroatoms. The van der Waals surface area contributed by atoms with Gasteiger partial charge in [0.25, 0.3) is 5.89 Å². The van der Waals surface area contributed by atoms with E-state index in [1.165, 1.54) is 19.3 Å². The first kappa shape index (κ1) is 20.6. The number of amides is 2. The first-order chi connectivity index (χ1) is 14.2. The number of nitrogens with one attached hydrogen (secondary N) is 1. The summed E-state index contributed by atoms with van der Waals surface area (Å²) in [4.78, 5) is 19.0. The third-order valence-electron chi connectivity index (χ3n) is 6.74. The Balaban J connectivity index is 1.26. The van der Waals surface area contributed by atoms with Gasteiger partial charge in [-0.05, 0) is 44.4 Å². The molecule has 1 aliphatic carbocycles. The largest absolute Gasteiger partial charge is 0.375 e. The highest BCUT2D eigenvalue weighted by molar-refractivity contribution is 5.74. The van der Waals surface area contributed by atoms with Crippen molar-refractivity contribution < 1.29 is 18.8 Å². The Labute approximate surface area is 172 Å². The van der Waals surface area contributed by atoms with Gasteiger partial charge in [-0.3, -0.25) is 0 Å². The Bertz CT molecular complexity index is 665. The van der Waals surface area contributed by atoms with Crippen LogP contribution in [0.4, 0.5) is 4.79 Å². The van der Waals surface area contributed by atoms with Gasteiger partial charge in [0, 0.05) is 39.3 Å². The third-order valence-corrected chi connectivity index (χ3v) is 6.74. The lowest BCUT2D eigenvalue weighted by molar-refractivity contribution is -0.123. The zero-order chi connectivity index (χ0) is 20.1. The fourth-order valence-corrected chi connectivity index (χ4v) is 5.10. The number of aromatic nitrogens is 2. The summed E-state index contributed by atoms with van der Waals surface area (Å²) in [6.07, 6.45) is 10.6. The van der Waals surface area contributed by atoms with Gasteiger partial charge >= 0.3 is 6.03 Å². The number of carbonyl (C=O) groups excluding carboxylic acids is 1. The molecule has 0 aromatic carbocycles. The fraction of sp³-hybridized carbons (Fsp3) is 0.857. The van der Waals surface area contributed by atoms with Crippen molar-refractivity contribution in [3.8, 4) is 0 Å². The van der Waals surface area contributed by atoms with E-state index in [9.17, 15) is 4.79 Å². The molecule has 1 aromatic rings. The van der Waals surface area contributed by atoms with Gasteiger partial charge < -0.3 is 24.2 Å². The molecule has 1 atom stereocenters. The molecule has 1 aromatic heterocycles. The molecule has 2 amide bonds. The minimum Gasteiger partial charge on any atom is -0.375 e. The Kier molecular flexibility index (Phi) is 6.70. The zero-order valence-electron chi connectivity index (χ0n) is 17.5. The molecule has 3 heterocycles. The number of piperidine rings is 1. The Morgan fingerprint density at radius 3 is 2.79 bits per heavy atom. The van der Waals surface area contributed by atoms with Crippen LogP contribution in [0.25, 0.3) is 0 Å². The number of hydrogen-bond acceptors (Lipinski definition) is 6. The molecule has 8 nitrogen and oxygen atoms in total. The first-order valence-corrected chi connectivity index (χ1v) is 11.2. The van der Waals surface area contributed by atoms with Gasteiger partial charge in [0.05, 0.1) is 5.60 Å². The maximum Gasteiger partial charge on any atom is 0.317 e. The summed E-state index contributed by atoms with van der Waals surface area (Å²) in [5.74, 6) is 1.77. The lowest BCUT2D eigenvalue weighted by atomic mass is 9.78. The number of methoxy groups -OCH3 is 1. The standard InChI is InChI=1S/C21H34N4O4/c1-27-15-19-23-18(24-29-19)13-16-7-12-28-21(14-16)8-10-25(11-9-21)20(26)22-17-5-3-2-4-6-17/h16-17H,2-15H2,1H3,(H,22,26). The van der Waals surface area contributed by atoms with Gasteiger partial charge in [-0.2, -0.15) is 4.98 Å². The van der Waals surface area contributed by atoms with Gasteiger partial charge in [-0.15, -0.1) is 0 Å². The van der Waals surface area contributed by atoms with E-state index in [1.807, 2.05) is 4.90 Å². The molecule has 0 radical (unpaired) electrons. The average Bonchev–Trinajstić information content (AvgIpc) is 3.16. The topological polar surface area (TPSA) is 89.7 Å². The molecule has 29 heavy (non-hydrogen) atoms. The number of urea groups is 1. The SMILES string of the molecule is COCc1nc(CC2CCOC3(CCN(C(=O)NC4CCCCC4)CC3)C2)no1. The molecule has 2 aliphatic heterocycles. The molecule has 1 unspecified atom stereocenters. The van der Waals surface area contributed by atoms with Crippen LogP contribution in [0.2, 0.25) is 0 Å². The maximum absolute atomic E-state index is 12.6. The first-order valence-electron chi connectivity index (χ1n) is 11.2.